The number of nitrogens with zero attached hydrogens (tertiary/aromatic N) is 1. The van der Waals surface area contributed by atoms with Crippen molar-refractivity contribution in [1.82, 2.24) is 5.32 Å². The summed E-state index contributed by atoms with van der Waals surface area (Å²) in [5.74, 6) is 0.799. The minimum Gasteiger partial charge on any atom is -0.497 e. The van der Waals surface area contributed by atoms with Gasteiger partial charge in [0.05, 0.1) is 12.6 Å². The quantitative estimate of drug-likeness (QED) is 0.864. The number of amides is 1. The average Bonchev–Trinajstić information content (AvgIpc) is 2.37. The van der Waals surface area contributed by atoms with Crippen LogP contribution in [0, 0.1) is 0 Å². The van der Waals surface area contributed by atoms with E-state index in [0.29, 0.717) is 0 Å². The molecule has 0 heterocycles. The molecule has 1 aromatic rings. The van der Waals surface area contributed by atoms with Crippen LogP contribution in [-0.4, -0.2) is 32.7 Å². The third-order valence-corrected chi connectivity index (χ3v) is 2.92. The van der Waals surface area contributed by atoms with Crippen molar-refractivity contribution in [2.75, 3.05) is 26.1 Å². The predicted molar refractivity (Wildman–Crippen MR) is 69.5 cm³/mol. The fraction of sp³-hybridized carbons (Fsp3) is 0.462. The summed E-state index contributed by atoms with van der Waals surface area (Å²) in [5.41, 5.74) is 0.272. The number of likely N-dealkylation sites (N-methyl/N-ethyl adjacent to an activating group) is 2. The van der Waals surface area contributed by atoms with Crippen LogP contribution >= 0.6 is 0 Å². The monoisotopic (exact) mass is 236 g/mol. The SMILES string of the molecule is CNC(C)(C)C(=O)N(C)c1ccc(OC)cc1. The zero-order valence-electron chi connectivity index (χ0n) is 11.1. The molecule has 0 unspecified atom stereocenters. The average molecular weight is 236 g/mol. The zero-order valence-corrected chi connectivity index (χ0v) is 11.1. The van der Waals surface area contributed by atoms with Gasteiger partial charge < -0.3 is 15.0 Å². The van der Waals surface area contributed by atoms with Gasteiger partial charge in [-0.2, -0.15) is 0 Å². The van der Waals surface area contributed by atoms with Crippen LogP contribution in [0.4, 0.5) is 5.69 Å². The minimum absolute atomic E-state index is 0.0187. The largest absolute Gasteiger partial charge is 0.497 e. The molecule has 0 saturated heterocycles. The third-order valence-electron chi connectivity index (χ3n) is 2.92. The van der Waals surface area contributed by atoms with Crippen LogP contribution in [0.5, 0.6) is 5.75 Å². The summed E-state index contributed by atoms with van der Waals surface area (Å²) < 4.78 is 5.08. The Labute approximate surface area is 103 Å². The van der Waals surface area contributed by atoms with Gasteiger partial charge in [0.15, 0.2) is 0 Å². The number of benzene rings is 1. The maximum Gasteiger partial charge on any atom is 0.246 e. The molecule has 1 rings (SSSR count). The van der Waals surface area contributed by atoms with E-state index in [0.717, 1.165) is 11.4 Å². The Balaban J connectivity index is 2.88. The second-order valence-corrected chi connectivity index (χ2v) is 4.44. The molecule has 1 N–H and O–H groups in total. The summed E-state index contributed by atoms with van der Waals surface area (Å²) in [6.45, 7) is 3.71. The molecule has 1 amide bonds. The van der Waals surface area contributed by atoms with Gasteiger partial charge in [-0.15, -0.1) is 0 Å². The topological polar surface area (TPSA) is 41.6 Å². The number of carbonyl (C=O) groups excluding carboxylic acids is 1. The first kappa shape index (κ1) is 13.5. The molecule has 0 fully saturated rings. The van der Waals surface area contributed by atoms with Crippen molar-refractivity contribution in [1.29, 1.82) is 0 Å². The third kappa shape index (κ3) is 2.97. The number of anilines is 1. The van der Waals surface area contributed by atoms with Gasteiger partial charge in [-0.3, -0.25) is 4.79 Å². The normalized spacial score (nSPS) is 11.1. The molecule has 1 aromatic carbocycles. The van der Waals surface area contributed by atoms with Crippen LogP contribution in [0.1, 0.15) is 13.8 Å². The summed E-state index contributed by atoms with van der Waals surface area (Å²) in [6.07, 6.45) is 0. The lowest BCUT2D eigenvalue weighted by Crippen LogP contribution is -2.51. The van der Waals surface area contributed by atoms with Gasteiger partial charge in [-0.1, -0.05) is 0 Å². The maximum absolute atomic E-state index is 12.2. The van der Waals surface area contributed by atoms with Crippen molar-refractivity contribution in [2.24, 2.45) is 0 Å². The van der Waals surface area contributed by atoms with Crippen LogP contribution in [0.3, 0.4) is 0 Å². The molecular weight excluding hydrogens is 216 g/mol. The van der Waals surface area contributed by atoms with E-state index in [-0.39, 0.29) is 5.91 Å². The fourth-order valence-electron chi connectivity index (χ4n) is 1.45. The van der Waals surface area contributed by atoms with E-state index in [1.54, 1.807) is 26.1 Å². The first-order valence-electron chi connectivity index (χ1n) is 5.53. The second kappa shape index (κ2) is 5.19. The molecule has 0 bridgehead atoms. The zero-order chi connectivity index (χ0) is 13.1. The van der Waals surface area contributed by atoms with Crippen LogP contribution in [0.2, 0.25) is 0 Å². The van der Waals surface area contributed by atoms with Crippen molar-refractivity contribution in [3.8, 4) is 5.75 Å². The summed E-state index contributed by atoms with van der Waals surface area (Å²) in [4.78, 5) is 13.8. The molecule has 0 aliphatic rings. The van der Waals surface area contributed by atoms with Crippen molar-refractivity contribution in [3.05, 3.63) is 24.3 Å². The Hall–Kier alpha value is -1.55. The van der Waals surface area contributed by atoms with Crippen LogP contribution in [0.25, 0.3) is 0 Å². The number of nitrogens with one attached hydrogen (secondary N) is 1. The smallest absolute Gasteiger partial charge is 0.246 e. The van der Waals surface area contributed by atoms with E-state index in [2.05, 4.69) is 5.32 Å². The van der Waals surface area contributed by atoms with Gasteiger partial charge in [-0.25, -0.2) is 0 Å². The standard InChI is InChI=1S/C13H20N2O2/c1-13(2,14-3)12(16)15(4)10-6-8-11(17-5)9-7-10/h6-9,14H,1-5H3. The number of hydrogen-bond donors (Lipinski definition) is 1. The Morgan fingerprint density at radius 2 is 1.82 bits per heavy atom. The van der Waals surface area contributed by atoms with Gasteiger partial charge in [0, 0.05) is 12.7 Å². The Kier molecular flexibility index (Phi) is 4.12. The number of ether oxygens (including phenoxy) is 1. The molecule has 0 spiro atoms. The highest BCUT2D eigenvalue weighted by Crippen LogP contribution is 2.20. The highest BCUT2D eigenvalue weighted by Gasteiger charge is 2.28. The van der Waals surface area contributed by atoms with Crippen molar-refractivity contribution >= 4 is 11.6 Å². The molecule has 0 radical (unpaired) electrons. The predicted octanol–water partition coefficient (Wildman–Crippen LogP) is 1.66. The summed E-state index contributed by atoms with van der Waals surface area (Å²) >= 11 is 0. The lowest BCUT2D eigenvalue weighted by molar-refractivity contribution is -0.123. The first-order chi connectivity index (χ1) is 7.92. The van der Waals surface area contributed by atoms with Crippen molar-refractivity contribution in [2.45, 2.75) is 19.4 Å². The first-order valence-corrected chi connectivity index (χ1v) is 5.53. The highest BCUT2D eigenvalue weighted by molar-refractivity contribution is 5.99. The molecule has 4 heteroatoms. The Morgan fingerprint density at radius 1 is 1.29 bits per heavy atom. The van der Waals surface area contributed by atoms with Crippen LogP contribution < -0.4 is 15.0 Å². The summed E-state index contributed by atoms with van der Waals surface area (Å²) in [6, 6.07) is 7.40. The molecule has 4 nitrogen and oxygen atoms in total. The van der Waals surface area contributed by atoms with Gasteiger partial charge in [0.1, 0.15) is 5.75 Å². The molecular formula is C13H20N2O2. The molecule has 0 aliphatic carbocycles. The lowest BCUT2D eigenvalue weighted by Gasteiger charge is -2.29. The lowest BCUT2D eigenvalue weighted by atomic mass is 10.0. The molecule has 0 aromatic heterocycles. The fourth-order valence-corrected chi connectivity index (χ4v) is 1.45. The molecule has 17 heavy (non-hydrogen) atoms. The van der Waals surface area contributed by atoms with Gasteiger partial charge >= 0.3 is 0 Å². The number of methoxy groups -OCH3 is 1. The summed E-state index contributed by atoms with van der Waals surface area (Å²) in [7, 11) is 5.16. The number of rotatable bonds is 4. The Morgan fingerprint density at radius 3 is 2.24 bits per heavy atom. The van der Waals surface area contributed by atoms with E-state index in [1.165, 1.54) is 0 Å². The van der Waals surface area contributed by atoms with Gasteiger partial charge in [0.2, 0.25) is 5.91 Å². The van der Waals surface area contributed by atoms with E-state index < -0.39 is 5.54 Å². The molecule has 0 saturated carbocycles. The van der Waals surface area contributed by atoms with Crippen molar-refractivity contribution < 1.29 is 9.53 Å². The molecule has 0 atom stereocenters. The molecule has 94 valence electrons. The summed E-state index contributed by atoms with van der Waals surface area (Å²) in [5, 5.41) is 3.00. The van der Waals surface area contributed by atoms with E-state index in [4.69, 9.17) is 4.74 Å². The molecule has 0 aliphatic heterocycles. The van der Waals surface area contributed by atoms with E-state index in [9.17, 15) is 4.79 Å². The Bertz CT molecular complexity index is 385. The minimum atomic E-state index is -0.575. The van der Waals surface area contributed by atoms with Gasteiger partial charge in [-0.05, 0) is 45.2 Å². The van der Waals surface area contributed by atoms with Crippen molar-refractivity contribution in [3.63, 3.8) is 0 Å². The van der Waals surface area contributed by atoms with E-state index >= 15 is 0 Å². The number of carbonyl (C=O) groups is 1. The maximum atomic E-state index is 12.2. The van der Waals surface area contributed by atoms with Crippen LogP contribution in [-0.2, 0) is 4.79 Å². The van der Waals surface area contributed by atoms with Crippen LogP contribution in [0.15, 0.2) is 24.3 Å². The number of hydrogen-bond acceptors (Lipinski definition) is 3. The van der Waals surface area contributed by atoms with Gasteiger partial charge in [0.25, 0.3) is 0 Å². The highest BCUT2D eigenvalue weighted by atomic mass is 16.5. The second-order valence-electron chi connectivity index (χ2n) is 4.44. The van der Waals surface area contributed by atoms with E-state index in [1.807, 2.05) is 38.1 Å².